The van der Waals surface area contributed by atoms with Gasteiger partial charge in [0.05, 0.1) is 39.9 Å². The summed E-state index contributed by atoms with van der Waals surface area (Å²) in [5.41, 5.74) is 0. The Morgan fingerprint density at radius 3 is 1.57 bits per heavy atom. The first-order chi connectivity index (χ1) is 23.5. The van der Waals surface area contributed by atoms with Crippen molar-refractivity contribution in [1.29, 1.82) is 0 Å². The van der Waals surface area contributed by atoms with Gasteiger partial charge in [-0.1, -0.05) is 154 Å². The van der Waals surface area contributed by atoms with Crippen molar-refractivity contribution in [2.24, 2.45) is 0 Å². The summed E-state index contributed by atoms with van der Waals surface area (Å²) in [7, 11) is 1.60. The van der Waals surface area contributed by atoms with Crippen LogP contribution in [0.1, 0.15) is 187 Å². The molecule has 3 N–H and O–H groups in total. The molecule has 8 nitrogen and oxygen atoms in total. The van der Waals surface area contributed by atoms with E-state index >= 15 is 0 Å². The first-order valence-corrected chi connectivity index (χ1v) is 22.0. The number of nitrogens with zero attached hydrogens (tertiary/aromatic N) is 1. The Bertz CT molecular complexity index is 819. The van der Waals surface area contributed by atoms with Crippen LogP contribution >= 0.6 is 7.82 Å². The number of carbonyl (C=O) groups excluding carboxylic acids is 1. The molecular formula is C40H82N2O6P+. The minimum Gasteiger partial charge on any atom is -0.391 e. The van der Waals surface area contributed by atoms with Crippen molar-refractivity contribution < 1.29 is 32.9 Å². The normalized spacial score (nSPS) is 14.7. The van der Waals surface area contributed by atoms with Gasteiger partial charge in [-0.05, 0) is 38.5 Å². The Balaban J connectivity index is 4.45. The van der Waals surface area contributed by atoms with E-state index < -0.39 is 20.0 Å². The van der Waals surface area contributed by atoms with E-state index in [0.717, 1.165) is 44.9 Å². The van der Waals surface area contributed by atoms with Gasteiger partial charge in [0.2, 0.25) is 5.91 Å². The number of aliphatic hydroxyl groups excluding tert-OH is 1. The summed E-state index contributed by atoms with van der Waals surface area (Å²) in [6, 6.07) is -0.769. The van der Waals surface area contributed by atoms with Gasteiger partial charge < -0.3 is 19.8 Å². The van der Waals surface area contributed by atoms with Crippen LogP contribution in [0, 0.1) is 0 Å². The smallest absolute Gasteiger partial charge is 0.391 e. The number of phosphoric acid groups is 1. The lowest BCUT2D eigenvalue weighted by molar-refractivity contribution is -0.870. The number of nitrogens with one attached hydrogen (secondary N) is 1. The number of phosphoric ester groups is 1. The summed E-state index contributed by atoms with van der Waals surface area (Å²) < 4.78 is 23.5. The van der Waals surface area contributed by atoms with Crippen LogP contribution in [-0.2, 0) is 18.4 Å². The summed E-state index contributed by atoms with van der Waals surface area (Å²) in [4.78, 5) is 23.0. The number of aliphatic hydroxyl groups is 1. The van der Waals surface area contributed by atoms with E-state index in [9.17, 15) is 19.4 Å². The number of hydrogen-bond acceptors (Lipinski definition) is 5. The van der Waals surface area contributed by atoms with Crippen LogP contribution < -0.4 is 5.32 Å². The number of allylic oxidation sites excluding steroid dienone is 2. The molecule has 0 bridgehead atoms. The van der Waals surface area contributed by atoms with E-state index in [1.165, 1.54) is 116 Å². The van der Waals surface area contributed by atoms with E-state index in [-0.39, 0.29) is 19.1 Å². The van der Waals surface area contributed by atoms with Crippen molar-refractivity contribution in [2.45, 2.75) is 199 Å². The van der Waals surface area contributed by atoms with E-state index in [1.54, 1.807) is 0 Å². The van der Waals surface area contributed by atoms with Gasteiger partial charge in [-0.3, -0.25) is 13.8 Å². The summed E-state index contributed by atoms with van der Waals surface area (Å²) in [5, 5.41) is 13.9. The van der Waals surface area contributed by atoms with Crippen molar-refractivity contribution in [3.63, 3.8) is 0 Å². The predicted octanol–water partition coefficient (Wildman–Crippen LogP) is 10.8. The molecule has 0 aliphatic rings. The van der Waals surface area contributed by atoms with Crippen LogP contribution in [0.3, 0.4) is 0 Å². The van der Waals surface area contributed by atoms with Crippen molar-refractivity contribution in [2.75, 3.05) is 40.9 Å². The summed E-state index contributed by atoms with van der Waals surface area (Å²) in [6.07, 6.45) is 35.2. The molecule has 0 saturated carbocycles. The molecule has 0 aliphatic heterocycles. The standard InChI is InChI=1S/C40H81N2O6P/c1-6-8-10-12-14-16-18-20-22-24-26-28-30-32-34-40(44)41-38(37-48-49(45,46)47-36-35-42(3,4)5)39(43)33-31-29-27-25-23-21-19-17-15-13-11-9-7-2/h23,25,38-39,43H,6-22,24,26-37H2,1-5H3,(H-,41,44,45,46)/p+1/b25-23+/t38-,39+/m0/s1. The molecule has 49 heavy (non-hydrogen) atoms. The molecule has 0 saturated heterocycles. The average Bonchev–Trinajstić information content (AvgIpc) is 3.04. The first kappa shape index (κ1) is 48.2. The third-order valence-electron chi connectivity index (χ3n) is 9.26. The molecule has 1 amide bonds. The molecule has 0 fully saturated rings. The fourth-order valence-electron chi connectivity index (χ4n) is 5.92. The topological polar surface area (TPSA) is 105 Å². The molecule has 0 aromatic rings. The highest BCUT2D eigenvalue weighted by Gasteiger charge is 2.28. The lowest BCUT2D eigenvalue weighted by atomic mass is 10.0. The van der Waals surface area contributed by atoms with Crippen molar-refractivity contribution in [1.82, 2.24) is 5.32 Å². The molecule has 0 aromatic heterocycles. The lowest BCUT2D eigenvalue weighted by Gasteiger charge is -2.26. The van der Waals surface area contributed by atoms with E-state index in [0.29, 0.717) is 23.9 Å². The van der Waals surface area contributed by atoms with E-state index in [1.807, 2.05) is 21.1 Å². The van der Waals surface area contributed by atoms with Gasteiger partial charge in [-0.25, -0.2) is 4.57 Å². The van der Waals surface area contributed by atoms with Gasteiger partial charge in [-0.2, -0.15) is 0 Å². The van der Waals surface area contributed by atoms with Gasteiger partial charge in [0.15, 0.2) is 0 Å². The summed E-state index contributed by atoms with van der Waals surface area (Å²) in [5.74, 6) is -0.154. The predicted molar refractivity (Wildman–Crippen MR) is 208 cm³/mol. The molecule has 0 spiro atoms. The van der Waals surface area contributed by atoms with Gasteiger partial charge in [-0.15, -0.1) is 0 Å². The lowest BCUT2D eigenvalue weighted by Crippen LogP contribution is -2.46. The fourth-order valence-corrected chi connectivity index (χ4v) is 6.66. The van der Waals surface area contributed by atoms with Gasteiger partial charge in [0.25, 0.3) is 0 Å². The molecule has 0 aromatic carbocycles. The zero-order valence-electron chi connectivity index (χ0n) is 32.9. The van der Waals surface area contributed by atoms with Crippen molar-refractivity contribution in [3.8, 4) is 0 Å². The second-order valence-electron chi connectivity index (χ2n) is 15.4. The highest BCUT2D eigenvalue weighted by molar-refractivity contribution is 7.47. The number of carbonyl (C=O) groups is 1. The summed E-state index contributed by atoms with van der Waals surface area (Å²) in [6.45, 7) is 4.85. The maximum atomic E-state index is 12.8. The van der Waals surface area contributed by atoms with Crippen LogP contribution in [-0.4, -0.2) is 73.4 Å². The zero-order chi connectivity index (χ0) is 36.5. The Labute approximate surface area is 303 Å². The van der Waals surface area contributed by atoms with Crippen molar-refractivity contribution in [3.05, 3.63) is 12.2 Å². The highest BCUT2D eigenvalue weighted by Crippen LogP contribution is 2.43. The largest absolute Gasteiger partial charge is 0.472 e. The number of rotatable bonds is 37. The van der Waals surface area contributed by atoms with Crippen LogP contribution in [0.5, 0.6) is 0 Å². The number of hydrogen-bond donors (Lipinski definition) is 3. The van der Waals surface area contributed by atoms with E-state index in [2.05, 4.69) is 31.3 Å². The molecule has 0 rings (SSSR count). The molecular weight excluding hydrogens is 635 g/mol. The Morgan fingerprint density at radius 2 is 1.10 bits per heavy atom. The maximum absolute atomic E-state index is 12.8. The molecule has 0 radical (unpaired) electrons. The maximum Gasteiger partial charge on any atom is 0.472 e. The van der Waals surface area contributed by atoms with Gasteiger partial charge in [0.1, 0.15) is 13.2 Å². The second-order valence-corrected chi connectivity index (χ2v) is 16.8. The Hall–Kier alpha value is -0.760. The third-order valence-corrected chi connectivity index (χ3v) is 10.2. The average molecular weight is 718 g/mol. The Morgan fingerprint density at radius 1 is 0.673 bits per heavy atom. The number of likely N-dealkylation sites (N-methyl/N-ethyl adjacent to an activating group) is 1. The van der Waals surface area contributed by atoms with E-state index in [4.69, 9.17) is 9.05 Å². The number of quaternary nitrogens is 1. The van der Waals surface area contributed by atoms with Gasteiger partial charge in [0, 0.05) is 6.42 Å². The van der Waals surface area contributed by atoms with Crippen LogP contribution in [0.4, 0.5) is 0 Å². The number of unbranched alkanes of at least 4 members (excludes halogenated alkanes) is 22. The SMILES string of the molecule is CCCCCCCCC/C=C/CCCC[C@@H](O)[C@H](COP(=O)(O)OCC[N+](C)(C)C)NC(=O)CCCCCCCCCCCCCCCC. The molecule has 9 heteroatoms. The highest BCUT2D eigenvalue weighted by atomic mass is 31.2. The molecule has 0 heterocycles. The molecule has 3 atom stereocenters. The third kappa shape index (κ3) is 35.4. The monoisotopic (exact) mass is 718 g/mol. The minimum absolute atomic E-state index is 0.0719. The van der Waals surface area contributed by atoms with Crippen molar-refractivity contribution >= 4 is 13.7 Å². The zero-order valence-corrected chi connectivity index (χ0v) is 33.8. The number of amides is 1. The Kier molecular flexibility index (Phi) is 32.6. The fraction of sp³-hybridized carbons (Fsp3) is 0.925. The van der Waals surface area contributed by atoms with Crippen LogP contribution in [0.25, 0.3) is 0 Å². The molecule has 1 unspecified atom stereocenters. The molecule has 0 aliphatic carbocycles. The minimum atomic E-state index is -4.31. The quantitative estimate of drug-likeness (QED) is 0.0256. The first-order valence-electron chi connectivity index (χ1n) is 20.6. The van der Waals surface area contributed by atoms with Gasteiger partial charge >= 0.3 is 7.82 Å². The summed E-state index contributed by atoms with van der Waals surface area (Å²) >= 11 is 0. The second kappa shape index (κ2) is 33.1. The molecule has 292 valence electrons. The van der Waals surface area contributed by atoms with Crippen LogP contribution in [0.2, 0.25) is 0 Å². The van der Waals surface area contributed by atoms with Crippen LogP contribution in [0.15, 0.2) is 12.2 Å².